The van der Waals surface area contributed by atoms with Gasteiger partial charge in [0.1, 0.15) is 22.8 Å². The molecule has 1 aromatic carbocycles. The summed E-state index contributed by atoms with van der Waals surface area (Å²) in [6, 6.07) is 2.41. The van der Waals surface area contributed by atoms with Crippen LogP contribution in [0.3, 0.4) is 0 Å². The molecule has 0 saturated heterocycles. The Morgan fingerprint density at radius 2 is 2.15 bits per heavy atom. The number of allylic oxidation sites excluding steroid dienone is 6. The van der Waals surface area contributed by atoms with E-state index in [-0.39, 0.29) is 34.5 Å². The average molecular weight is 272 g/mol. The Hall–Kier alpha value is -2.49. The number of ketones is 1. The van der Waals surface area contributed by atoms with Gasteiger partial charge in [-0.15, -0.1) is 0 Å². The number of carbonyl (C=O) groups excluding carboxylic acids is 1. The van der Waals surface area contributed by atoms with E-state index in [1.54, 1.807) is 6.08 Å². The van der Waals surface area contributed by atoms with Gasteiger partial charge in [-0.1, -0.05) is 30.4 Å². The molecule has 0 amide bonds. The molecule has 0 spiro atoms. The predicted molar refractivity (Wildman–Crippen MR) is 76.2 cm³/mol. The molecule has 4 nitrogen and oxygen atoms in total. The van der Waals surface area contributed by atoms with Gasteiger partial charge in [0.05, 0.1) is 7.11 Å². The fourth-order valence-corrected chi connectivity index (χ4v) is 2.03. The van der Waals surface area contributed by atoms with Gasteiger partial charge < -0.3 is 14.9 Å². The third kappa shape index (κ3) is 3.09. The van der Waals surface area contributed by atoms with E-state index in [9.17, 15) is 15.0 Å². The third-order valence-corrected chi connectivity index (χ3v) is 3.04. The fraction of sp³-hybridized carbons (Fsp3) is 0.188. The molecule has 0 radical (unpaired) electrons. The van der Waals surface area contributed by atoms with Crippen LogP contribution in [-0.2, 0) is 0 Å². The second-order valence-electron chi connectivity index (χ2n) is 4.48. The molecule has 1 unspecified atom stereocenters. The number of carbonyl (C=O) groups is 1. The zero-order valence-corrected chi connectivity index (χ0v) is 11.1. The van der Waals surface area contributed by atoms with Crippen molar-refractivity contribution in [3.8, 4) is 17.2 Å². The summed E-state index contributed by atoms with van der Waals surface area (Å²) in [5, 5.41) is 19.2. The Bertz CT molecular complexity index is 597. The number of phenols is 2. The summed E-state index contributed by atoms with van der Waals surface area (Å²) < 4.78 is 5.02. The lowest BCUT2D eigenvalue weighted by Crippen LogP contribution is -2.01. The van der Waals surface area contributed by atoms with Crippen LogP contribution >= 0.6 is 0 Å². The van der Waals surface area contributed by atoms with Crippen molar-refractivity contribution in [2.75, 3.05) is 7.11 Å². The summed E-state index contributed by atoms with van der Waals surface area (Å²) >= 11 is 0. The van der Waals surface area contributed by atoms with E-state index in [0.29, 0.717) is 0 Å². The summed E-state index contributed by atoms with van der Waals surface area (Å²) in [4.78, 5) is 12.1. The number of rotatable bonds is 4. The Balaban J connectivity index is 2.23. The van der Waals surface area contributed by atoms with Crippen molar-refractivity contribution in [2.24, 2.45) is 5.92 Å². The van der Waals surface area contributed by atoms with Crippen LogP contribution in [-0.4, -0.2) is 23.1 Å². The van der Waals surface area contributed by atoms with E-state index in [0.717, 1.165) is 12.5 Å². The zero-order chi connectivity index (χ0) is 14.5. The summed E-state index contributed by atoms with van der Waals surface area (Å²) in [7, 11) is 1.38. The topological polar surface area (TPSA) is 66.8 Å². The summed E-state index contributed by atoms with van der Waals surface area (Å²) in [6.07, 6.45) is 12.0. The number of aromatic hydroxyl groups is 2. The molecule has 20 heavy (non-hydrogen) atoms. The molecule has 2 N–H and O–H groups in total. The highest BCUT2D eigenvalue weighted by molar-refractivity contribution is 6.08. The van der Waals surface area contributed by atoms with E-state index in [1.807, 2.05) is 24.3 Å². The predicted octanol–water partition coefficient (Wildman–Crippen LogP) is 2.98. The highest BCUT2D eigenvalue weighted by Gasteiger charge is 2.17. The molecule has 0 aliphatic heterocycles. The van der Waals surface area contributed by atoms with Gasteiger partial charge in [0.15, 0.2) is 5.78 Å². The minimum Gasteiger partial charge on any atom is -0.508 e. The second-order valence-corrected chi connectivity index (χ2v) is 4.48. The molecule has 0 bridgehead atoms. The molecule has 0 saturated carbocycles. The number of hydrogen-bond donors (Lipinski definition) is 2. The Morgan fingerprint density at radius 1 is 1.35 bits per heavy atom. The van der Waals surface area contributed by atoms with E-state index in [2.05, 4.69) is 0 Å². The summed E-state index contributed by atoms with van der Waals surface area (Å²) in [5.74, 6) is -0.483. The minimum absolute atomic E-state index is 0.0527. The molecular formula is C16H16O4. The van der Waals surface area contributed by atoms with Gasteiger partial charge in [0.2, 0.25) is 0 Å². The van der Waals surface area contributed by atoms with Crippen molar-refractivity contribution in [2.45, 2.75) is 6.42 Å². The third-order valence-electron chi connectivity index (χ3n) is 3.04. The van der Waals surface area contributed by atoms with Gasteiger partial charge in [-0.3, -0.25) is 4.79 Å². The van der Waals surface area contributed by atoms with Crippen LogP contribution in [0.25, 0.3) is 0 Å². The Labute approximate surface area is 117 Å². The van der Waals surface area contributed by atoms with Crippen LogP contribution in [0.2, 0.25) is 0 Å². The molecule has 1 aliphatic rings. The maximum absolute atomic E-state index is 12.1. The fourth-order valence-electron chi connectivity index (χ4n) is 2.03. The second kappa shape index (κ2) is 6.10. The van der Waals surface area contributed by atoms with E-state index in [4.69, 9.17) is 4.74 Å². The quantitative estimate of drug-likeness (QED) is 0.653. The number of phenolic OH excluding ortho intramolecular Hbond substituents is 2. The molecule has 1 aromatic rings. The van der Waals surface area contributed by atoms with Crippen molar-refractivity contribution >= 4 is 5.78 Å². The van der Waals surface area contributed by atoms with E-state index >= 15 is 0 Å². The molecule has 1 atom stereocenters. The SMILES string of the molecule is COc1cc(O)cc(O)c1C(=O)C=CC1C=CC=CC1. The van der Waals surface area contributed by atoms with E-state index in [1.165, 1.54) is 19.3 Å². The summed E-state index contributed by atoms with van der Waals surface area (Å²) in [6.45, 7) is 0. The number of benzene rings is 1. The largest absolute Gasteiger partial charge is 0.508 e. The lowest BCUT2D eigenvalue weighted by atomic mass is 9.99. The van der Waals surface area contributed by atoms with Gasteiger partial charge in [0.25, 0.3) is 0 Å². The maximum Gasteiger partial charge on any atom is 0.193 e. The zero-order valence-electron chi connectivity index (χ0n) is 11.1. The lowest BCUT2D eigenvalue weighted by Gasteiger charge is -2.09. The number of methoxy groups -OCH3 is 1. The monoisotopic (exact) mass is 272 g/mol. The molecular weight excluding hydrogens is 256 g/mol. The molecule has 0 fully saturated rings. The molecule has 0 heterocycles. The van der Waals surface area contributed by atoms with Gasteiger partial charge in [0, 0.05) is 12.1 Å². The Kier molecular flexibility index (Phi) is 4.25. The van der Waals surface area contributed by atoms with Crippen molar-refractivity contribution in [1.29, 1.82) is 0 Å². The minimum atomic E-state index is -0.359. The molecule has 4 heteroatoms. The standard InChI is InChI=1S/C16H16O4/c1-20-15-10-12(17)9-14(19)16(15)13(18)8-7-11-5-3-2-4-6-11/h2-5,7-11,17,19H,6H2,1H3. The summed E-state index contributed by atoms with van der Waals surface area (Å²) in [5.41, 5.74) is 0.0527. The first kappa shape index (κ1) is 13.9. The highest BCUT2D eigenvalue weighted by Crippen LogP contribution is 2.33. The first-order valence-electron chi connectivity index (χ1n) is 6.27. The molecule has 2 rings (SSSR count). The van der Waals surface area contributed by atoms with Crippen LogP contribution in [0.4, 0.5) is 0 Å². The number of hydrogen-bond acceptors (Lipinski definition) is 4. The van der Waals surface area contributed by atoms with Gasteiger partial charge in [-0.05, 0) is 18.4 Å². The van der Waals surface area contributed by atoms with Crippen molar-refractivity contribution in [3.63, 3.8) is 0 Å². The first-order chi connectivity index (χ1) is 9.61. The van der Waals surface area contributed by atoms with Crippen molar-refractivity contribution in [1.82, 2.24) is 0 Å². The van der Waals surface area contributed by atoms with E-state index < -0.39 is 0 Å². The smallest absolute Gasteiger partial charge is 0.193 e. The van der Waals surface area contributed by atoms with Crippen LogP contribution in [0.1, 0.15) is 16.8 Å². The molecule has 0 aromatic heterocycles. The molecule has 1 aliphatic carbocycles. The average Bonchev–Trinajstić information content (AvgIpc) is 2.45. The normalized spacial score (nSPS) is 17.6. The van der Waals surface area contributed by atoms with Gasteiger partial charge in [-0.25, -0.2) is 0 Å². The molecule has 104 valence electrons. The van der Waals surface area contributed by atoms with Crippen molar-refractivity contribution in [3.05, 3.63) is 54.2 Å². The van der Waals surface area contributed by atoms with Gasteiger partial charge in [-0.2, -0.15) is 0 Å². The van der Waals surface area contributed by atoms with Gasteiger partial charge >= 0.3 is 0 Å². The van der Waals surface area contributed by atoms with Crippen LogP contribution in [0.5, 0.6) is 17.2 Å². The number of ether oxygens (including phenoxy) is 1. The maximum atomic E-state index is 12.1. The van der Waals surface area contributed by atoms with Crippen molar-refractivity contribution < 1.29 is 19.7 Å². The van der Waals surface area contributed by atoms with Crippen LogP contribution < -0.4 is 4.74 Å². The Morgan fingerprint density at radius 3 is 2.80 bits per heavy atom. The first-order valence-corrected chi connectivity index (χ1v) is 6.27. The van der Waals surface area contributed by atoms with Crippen LogP contribution in [0, 0.1) is 5.92 Å². The lowest BCUT2D eigenvalue weighted by molar-refractivity contribution is 0.104. The van der Waals surface area contributed by atoms with Crippen LogP contribution in [0.15, 0.2) is 48.6 Å². The highest BCUT2D eigenvalue weighted by atomic mass is 16.5.